The maximum Gasteiger partial charge on any atom is 0.229 e. The fraction of sp³-hybridized carbons (Fsp3) is 0.125. The maximum absolute atomic E-state index is 4.74. The van der Waals surface area contributed by atoms with Crippen molar-refractivity contribution in [2.75, 3.05) is 10.6 Å². The van der Waals surface area contributed by atoms with Crippen LogP contribution in [0.2, 0.25) is 0 Å². The van der Waals surface area contributed by atoms with Gasteiger partial charge in [-0.25, -0.2) is 4.98 Å². The molecule has 0 radical (unpaired) electrons. The van der Waals surface area contributed by atoms with Gasteiger partial charge in [-0.1, -0.05) is 54.1 Å². The Hall–Kier alpha value is -3.73. The summed E-state index contributed by atoms with van der Waals surface area (Å²) in [6, 6.07) is 22.3. The molecule has 29 heavy (non-hydrogen) atoms. The van der Waals surface area contributed by atoms with Gasteiger partial charge in [0, 0.05) is 36.3 Å². The van der Waals surface area contributed by atoms with Crippen molar-refractivity contribution < 1.29 is 0 Å². The summed E-state index contributed by atoms with van der Waals surface area (Å²) in [5.74, 6) is 1.32. The number of hydrogen-bond acceptors (Lipinski definition) is 5. The highest BCUT2D eigenvalue weighted by atomic mass is 15.1. The molecule has 0 unspecified atom stereocenters. The Bertz CT molecular complexity index is 1090. The number of aromatic nitrogens is 3. The second kappa shape index (κ2) is 8.52. The quantitative estimate of drug-likeness (QED) is 0.461. The smallest absolute Gasteiger partial charge is 0.229 e. The number of nitrogens with zero attached hydrogens (tertiary/aromatic N) is 3. The standard InChI is InChI=1S/C24H23N5/c1-17-10-11-21(18(2)13-17)27-24-28-22(20-8-4-3-5-9-20)14-23(29-24)26-16-19-7-6-12-25-15-19/h3-15H,16H2,1-2H3,(H2,26,27,28,29). The number of nitrogens with one attached hydrogen (secondary N) is 2. The van der Waals surface area contributed by atoms with Crippen molar-refractivity contribution in [3.05, 3.63) is 95.8 Å². The van der Waals surface area contributed by atoms with E-state index < -0.39 is 0 Å². The van der Waals surface area contributed by atoms with Crippen LogP contribution in [0.25, 0.3) is 11.3 Å². The fourth-order valence-corrected chi connectivity index (χ4v) is 3.12. The molecule has 0 atom stereocenters. The molecule has 2 N–H and O–H groups in total. The van der Waals surface area contributed by atoms with E-state index in [9.17, 15) is 0 Å². The summed E-state index contributed by atoms with van der Waals surface area (Å²) in [4.78, 5) is 13.6. The lowest BCUT2D eigenvalue weighted by Gasteiger charge is -2.13. The van der Waals surface area contributed by atoms with Crippen molar-refractivity contribution in [1.29, 1.82) is 0 Å². The van der Waals surface area contributed by atoms with Gasteiger partial charge in [-0.2, -0.15) is 4.98 Å². The average molecular weight is 381 g/mol. The highest BCUT2D eigenvalue weighted by Gasteiger charge is 2.09. The van der Waals surface area contributed by atoms with Crippen LogP contribution in [0.3, 0.4) is 0 Å². The SMILES string of the molecule is Cc1ccc(Nc2nc(NCc3cccnc3)cc(-c3ccccc3)n2)c(C)c1. The Kier molecular flexibility index (Phi) is 5.47. The summed E-state index contributed by atoms with van der Waals surface area (Å²) >= 11 is 0. The van der Waals surface area contributed by atoms with Crippen molar-refractivity contribution in [2.45, 2.75) is 20.4 Å². The molecule has 2 heterocycles. The molecular formula is C24H23N5. The highest BCUT2D eigenvalue weighted by Crippen LogP contribution is 2.25. The van der Waals surface area contributed by atoms with Gasteiger partial charge in [0.25, 0.3) is 0 Å². The predicted octanol–water partition coefficient (Wildman–Crippen LogP) is 5.51. The number of hydrogen-bond donors (Lipinski definition) is 2. The third kappa shape index (κ3) is 4.76. The van der Waals surface area contributed by atoms with E-state index in [1.807, 2.05) is 54.7 Å². The van der Waals surface area contributed by atoms with E-state index in [0.29, 0.717) is 12.5 Å². The normalized spacial score (nSPS) is 10.6. The van der Waals surface area contributed by atoms with Crippen molar-refractivity contribution in [2.24, 2.45) is 0 Å². The molecule has 5 nitrogen and oxygen atoms in total. The number of pyridine rings is 1. The van der Waals surface area contributed by atoms with Gasteiger partial charge in [-0.3, -0.25) is 4.98 Å². The molecule has 0 fully saturated rings. The van der Waals surface area contributed by atoms with E-state index >= 15 is 0 Å². The molecule has 2 aromatic carbocycles. The van der Waals surface area contributed by atoms with E-state index in [4.69, 9.17) is 4.98 Å². The minimum atomic E-state index is 0.562. The zero-order chi connectivity index (χ0) is 20.1. The Labute approximate surface area is 170 Å². The van der Waals surface area contributed by atoms with E-state index in [1.54, 1.807) is 6.20 Å². The number of anilines is 3. The second-order valence-electron chi connectivity index (χ2n) is 6.99. The lowest BCUT2D eigenvalue weighted by atomic mass is 10.1. The van der Waals surface area contributed by atoms with Crippen LogP contribution in [-0.2, 0) is 6.54 Å². The van der Waals surface area contributed by atoms with Gasteiger partial charge in [0.15, 0.2) is 0 Å². The minimum Gasteiger partial charge on any atom is -0.366 e. The second-order valence-corrected chi connectivity index (χ2v) is 6.99. The number of aryl methyl sites for hydroxylation is 2. The van der Waals surface area contributed by atoms with Crippen LogP contribution < -0.4 is 10.6 Å². The molecule has 0 saturated heterocycles. The molecule has 4 rings (SSSR count). The van der Waals surface area contributed by atoms with Crippen molar-refractivity contribution >= 4 is 17.5 Å². The minimum absolute atomic E-state index is 0.562. The van der Waals surface area contributed by atoms with Crippen LogP contribution in [0, 0.1) is 13.8 Å². The molecule has 2 aromatic heterocycles. The Morgan fingerprint density at radius 1 is 0.862 bits per heavy atom. The van der Waals surface area contributed by atoms with Gasteiger partial charge in [0.05, 0.1) is 5.69 Å². The van der Waals surface area contributed by atoms with E-state index in [1.165, 1.54) is 5.56 Å². The van der Waals surface area contributed by atoms with Crippen LogP contribution in [0.5, 0.6) is 0 Å². The molecule has 144 valence electrons. The fourth-order valence-electron chi connectivity index (χ4n) is 3.12. The Balaban J connectivity index is 1.66. The average Bonchev–Trinajstić information content (AvgIpc) is 2.75. The molecule has 0 aliphatic carbocycles. The van der Waals surface area contributed by atoms with Crippen LogP contribution >= 0.6 is 0 Å². The zero-order valence-corrected chi connectivity index (χ0v) is 16.6. The van der Waals surface area contributed by atoms with Gasteiger partial charge in [-0.05, 0) is 37.1 Å². The number of benzene rings is 2. The Morgan fingerprint density at radius 2 is 1.72 bits per heavy atom. The van der Waals surface area contributed by atoms with Crippen LogP contribution in [-0.4, -0.2) is 15.0 Å². The lowest BCUT2D eigenvalue weighted by Crippen LogP contribution is -2.06. The summed E-state index contributed by atoms with van der Waals surface area (Å²) in [5, 5.41) is 6.76. The molecule has 0 aliphatic heterocycles. The summed E-state index contributed by atoms with van der Waals surface area (Å²) in [5.41, 5.74) is 6.38. The van der Waals surface area contributed by atoms with Crippen LogP contribution in [0.15, 0.2) is 79.1 Å². The molecule has 0 bridgehead atoms. The van der Waals surface area contributed by atoms with Crippen LogP contribution in [0.4, 0.5) is 17.5 Å². The molecule has 0 aliphatic rings. The van der Waals surface area contributed by atoms with Gasteiger partial charge in [0.2, 0.25) is 5.95 Å². The molecular weight excluding hydrogens is 358 g/mol. The zero-order valence-electron chi connectivity index (χ0n) is 16.6. The van der Waals surface area contributed by atoms with Crippen molar-refractivity contribution in [3.8, 4) is 11.3 Å². The third-order valence-corrected chi connectivity index (χ3v) is 4.62. The third-order valence-electron chi connectivity index (χ3n) is 4.62. The molecule has 0 amide bonds. The highest BCUT2D eigenvalue weighted by molar-refractivity contribution is 5.67. The van der Waals surface area contributed by atoms with Crippen molar-refractivity contribution in [1.82, 2.24) is 15.0 Å². The van der Waals surface area contributed by atoms with Gasteiger partial charge < -0.3 is 10.6 Å². The summed E-state index contributed by atoms with van der Waals surface area (Å²) in [7, 11) is 0. The van der Waals surface area contributed by atoms with Gasteiger partial charge >= 0.3 is 0 Å². The first-order valence-electron chi connectivity index (χ1n) is 9.59. The maximum atomic E-state index is 4.74. The monoisotopic (exact) mass is 381 g/mol. The topological polar surface area (TPSA) is 62.7 Å². The van der Waals surface area contributed by atoms with E-state index in [-0.39, 0.29) is 0 Å². The van der Waals surface area contributed by atoms with Gasteiger partial charge in [0.1, 0.15) is 5.82 Å². The number of rotatable bonds is 6. The first-order chi connectivity index (χ1) is 14.2. The largest absolute Gasteiger partial charge is 0.366 e. The van der Waals surface area contributed by atoms with Crippen molar-refractivity contribution in [3.63, 3.8) is 0 Å². The summed E-state index contributed by atoms with van der Waals surface area (Å²) in [6.07, 6.45) is 3.62. The Morgan fingerprint density at radius 3 is 2.48 bits per heavy atom. The summed E-state index contributed by atoms with van der Waals surface area (Å²) < 4.78 is 0. The first-order valence-corrected chi connectivity index (χ1v) is 9.59. The van der Waals surface area contributed by atoms with E-state index in [2.05, 4.69) is 52.6 Å². The van der Waals surface area contributed by atoms with Gasteiger partial charge in [-0.15, -0.1) is 0 Å². The molecule has 0 spiro atoms. The first kappa shape index (κ1) is 18.6. The summed E-state index contributed by atoms with van der Waals surface area (Å²) in [6.45, 7) is 4.81. The molecule has 4 aromatic rings. The molecule has 0 saturated carbocycles. The predicted molar refractivity (Wildman–Crippen MR) is 118 cm³/mol. The van der Waals surface area contributed by atoms with Crippen LogP contribution in [0.1, 0.15) is 16.7 Å². The molecule has 5 heteroatoms. The van der Waals surface area contributed by atoms with E-state index in [0.717, 1.165) is 33.9 Å². The lowest BCUT2D eigenvalue weighted by molar-refractivity contribution is 1.07.